The number of ether oxygens (including phenoxy) is 1. The van der Waals surface area contributed by atoms with Crippen molar-refractivity contribution in [2.45, 2.75) is 31.7 Å². The van der Waals surface area contributed by atoms with Crippen LogP contribution < -0.4 is 5.73 Å². The van der Waals surface area contributed by atoms with E-state index in [0.29, 0.717) is 6.42 Å². The largest absolute Gasteiger partial charge is 0.469 e. The fourth-order valence-corrected chi connectivity index (χ4v) is 4.50. The Hall–Kier alpha value is 0.0900. The molecule has 0 aliphatic carbocycles. The van der Waals surface area contributed by atoms with E-state index in [1.807, 2.05) is 6.07 Å². The van der Waals surface area contributed by atoms with E-state index in [1.165, 1.54) is 7.11 Å². The quantitative estimate of drug-likeness (QED) is 0.595. The Balaban J connectivity index is 2.32. The molecule has 0 saturated carbocycles. The summed E-state index contributed by atoms with van der Waals surface area (Å²) in [4.78, 5) is 10.9. The number of thiophene rings is 1. The second kappa shape index (κ2) is 7.51. The Morgan fingerprint density at radius 1 is 1.53 bits per heavy atom. The molecular weight excluding hydrogens is 370 g/mol. The average Bonchev–Trinajstić information content (AvgIpc) is 2.63. The maximum Gasteiger partial charge on any atom is 0.305 e. The molecule has 3 nitrogen and oxygen atoms in total. The molecule has 1 aromatic heterocycles. The van der Waals surface area contributed by atoms with Crippen molar-refractivity contribution in [1.82, 2.24) is 0 Å². The Labute approximate surface area is 122 Å². The van der Waals surface area contributed by atoms with Crippen LogP contribution in [-0.2, 0) is 9.53 Å². The van der Waals surface area contributed by atoms with Gasteiger partial charge < -0.3 is 10.5 Å². The van der Waals surface area contributed by atoms with Crippen molar-refractivity contribution in [1.29, 1.82) is 0 Å². The number of halogens is 2. The number of esters is 1. The molecular formula is C11H15Br2NO2S. The lowest BCUT2D eigenvalue weighted by atomic mass is 10.0. The molecule has 1 unspecified atom stereocenters. The summed E-state index contributed by atoms with van der Waals surface area (Å²) >= 11 is 8.55. The molecule has 1 aromatic rings. The second-order valence-corrected chi connectivity index (χ2v) is 7.46. The van der Waals surface area contributed by atoms with E-state index in [0.717, 1.165) is 32.4 Å². The van der Waals surface area contributed by atoms with Gasteiger partial charge in [-0.3, -0.25) is 4.79 Å². The molecule has 0 radical (unpaired) electrons. The van der Waals surface area contributed by atoms with Crippen LogP contribution in [0.5, 0.6) is 0 Å². The molecule has 0 aliphatic heterocycles. The van der Waals surface area contributed by atoms with Crippen LogP contribution in [0.2, 0.25) is 0 Å². The molecule has 96 valence electrons. The molecule has 6 heteroatoms. The van der Waals surface area contributed by atoms with Crippen molar-refractivity contribution in [3.05, 3.63) is 19.2 Å². The first kappa shape index (κ1) is 15.1. The highest BCUT2D eigenvalue weighted by Crippen LogP contribution is 2.36. The van der Waals surface area contributed by atoms with E-state index in [-0.39, 0.29) is 12.0 Å². The van der Waals surface area contributed by atoms with Gasteiger partial charge in [-0.1, -0.05) is 6.42 Å². The highest BCUT2D eigenvalue weighted by molar-refractivity contribution is 9.12. The average molecular weight is 385 g/mol. The zero-order valence-corrected chi connectivity index (χ0v) is 13.5. The lowest BCUT2D eigenvalue weighted by Crippen LogP contribution is -2.10. The van der Waals surface area contributed by atoms with Gasteiger partial charge in [-0.15, -0.1) is 11.3 Å². The molecule has 0 saturated heterocycles. The Morgan fingerprint density at radius 3 is 2.76 bits per heavy atom. The lowest BCUT2D eigenvalue weighted by molar-refractivity contribution is -0.140. The summed E-state index contributed by atoms with van der Waals surface area (Å²) in [7, 11) is 1.41. The van der Waals surface area contributed by atoms with Crippen molar-refractivity contribution in [3.63, 3.8) is 0 Å². The van der Waals surface area contributed by atoms with Gasteiger partial charge in [0.25, 0.3) is 0 Å². The van der Waals surface area contributed by atoms with E-state index in [9.17, 15) is 4.79 Å². The highest BCUT2D eigenvalue weighted by Gasteiger charge is 2.13. The number of nitrogens with two attached hydrogens (primary N) is 1. The minimum atomic E-state index is -0.155. The van der Waals surface area contributed by atoms with Crippen LogP contribution >= 0.6 is 43.2 Å². The molecule has 1 atom stereocenters. The van der Waals surface area contributed by atoms with Gasteiger partial charge in [0, 0.05) is 12.5 Å². The zero-order chi connectivity index (χ0) is 12.8. The van der Waals surface area contributed by atoms with Crippen LogP contribution in [0, 0.1) is 0 Å². The molecule has 1 heterocycles. The molecule has 0 spiro atoms. The van der Waals surface area contributed by atoms with E-state index in [1.54, 1.807) is 11.3 Å². The van der Waals surface area contributed by atoms with Crippen molar-refractivity contribution in [3.8, 4) is 0 Å². The number of carbonyl (C=O) groups excluding carboxylic acids is 1. The standard InChI is InChI=1S/C11H15Br2NO2S/c1-16-10(15)5-3-2-4-8(14)7-6-9(12)17-11(7)13/h6,8H,2-5,14H2,1H3. The van der Waals surface area contributed by atoms with Gasteiger partial charge in [-0.25, -0.2) is 0 Å². The summed E-state index contributed by atoms with van der Waals surface area (Å²) in [6.07, 6.45) is 3.09. The third kappa shape index (κ3) is 5.07. The first-order chi connectivity index (χ1) is 8.04. The van der Waals surface area contributed by atoms with Crippen LogP contribution in [0.4, 0.5) is 0 Å². The van der Waals surface area contributed by atoms with Crippen LogP contribution in [0.25, 0.3) is 0 Å². The topological polar surface area (TPSA) is 52.3 Å². The minimum Gasteiger partial charge on any atom is -0.469 e. The van der Waals surface area contributed by atoms with Crippen LogP contribution in [0.1, 0.15) is 37.3 Å². The maximum absolute atomic E-state index is 10.9. The molecule has 0 aliphatic rings. The predicted molar refractivity (Wildman–Crippen MR) is 77.1 cm³/mol. The molecule has 0 amide bonds. The SMILES string of the molecule is COC(=O)CCCCC(N)c1cc(Br)sc1Br. The van der Waals surface area contributed by atoms with Crippen molar-refractivity contribution >= 4 is 49.2 Å². The maximum atomic E-state index is 10.9. The smallest absolute Gasteiger partial charge is 0.305 e. The van der Waals surface area contributed by atoms with Gasteiger partial charge in [-0.05, 0) is 56.3 Å². The van der Waals surface area contributed by atoms with Crippen molar-refractivity contribution in [2.75, 3.05) is 7.11 Å². The van der Waals surface area contributed by atoms with Gasteiger partial charge in [0.05, 0.1) is 14.7 Å². The van der Waals surface area contributed by atoms with E-state index < -0.39 is 0 Å². The lowest BCUT2D eigenvalue weighted by Gasteiger charge is -2.10. The normalized spacial score (nSPS) is 12.5. The van der Waals surface area contributed by atoms with Gasteiger partial charge >= 0.3 is 5.97 Å². The third-order valence-corrected chi connectivity index (χ3v) is 4.84. The predicted octanol–water partition coefficient (Wildman–Crippen LogP) is 4.01. The van der Waals surface area contributed by atoms with E-state index in [2.05, 4.69) is 36.6 Å². The highest BCUT2D eigenvalue weighted by atomic mass is 79.9. The number of rotatable bonds is 6. The molecule has 0 aromatic carbocycles. The molecule has 1 rings (SSSR count). The summed E-state index contributed by atoms with van der Waals surface area (Å²) in [6, 6.07) is 2.06. The van der Waals surface area contributed by atoms with Crippen LogP contribution in [-0.4, -0.2) is 13.1 Å². The van der Waals surface area contributed by atoms with Gasteiger partial charge in [0.2, 0.25) is 0 Å². The van der Waals surface area contributed by atoms with E-state index >= 15 is 0 Å². The van der Waals surface area contributed by atoms with Crippen molar-refractivity contribution < 1.29 is 9.53 Å². The molecule has 17 heavy (non-hydrogen) atoms. The van der Waals surface area contributed by atoms with Gasteiger partial charge in [-0.2, -0.15) is 0 Å². The Kier molecular flexibility index (Phi) is 6.69. The number of unbranched alkanes of at least 4 members (excludes halogenated alkanes) is 1. The monoisotopic (exact) mass is 383 g/mol. The molecule has 2 N–H and O–H groups in total. The number of hydrogen-bond acceptors (Lipinski definition) is 4. The summed E-state index contributed by atoms with van der Waals surface area (Å²) < 4.78 is 6.73. The Bertz CT molecular complexity index is 382. The van der Waals surface area contributed by atoms with Gasteiger partial charge in [0.15, 0.2) is 0 Å². The van der Waals surface area contributed by atoms with E-state index in [4.69, 9.17) is 5.73 Å². The van der Waals surface area contributed by atoms with Crippen molar-refractivity contribution in [2.24, 2.45) is 5.73 Å². The number of carbonyl (C=O) groups is 1. The minimum absolute atomic E-state index is 0.0181. The van der Waals surface area contributed by atoms with Crippen LogP contribution in [0.3, 0.4) is 0 Å². The number of methoxy groups -OCH3 is 1. The summed E-state index contributed by atoms with van der Waals surface area (Å²) in [5, 5.41) is 0. The van der Waals surface area contributed by atoms with Gasteiger partial charge in [0.1, 0.15) is 0 Å². The molecule has 0 bridgehead atoms. The fraction of sp³-hybridized carbons (Fsp3) is 0.545. The number of hydrogen-bond donors (Lipinski definition) is 1. The first-order valence-corrected chi connectivity index (χ1v) is 7.72. The summed E-state index contributed by atoms with van der Waals surface area (Å²) in [5.74, 6) is -0.155. The summed E-state index contributed by atoms with van der Waals surface area (Å²) in [5.41, 5.74) is 7.22. The Morgan fingerprint density at radius 2 is 2.24 bits per heavy atom. The van der Waals surface area contributed by atoms with Crippen LogP contribution in [0.15, 0.2) is 13.6 Å². The summed E-state index contributed by atoms with van der Waals surface area (Å²) in [6.45, 7) is 0. The fourth-order valence-electron chi connectivity index (χ4n) is 1.50. The zero-order valence-electron chi connectivity index (χ0n) is 9.54. The first-order valence-electron chi connectivity index (χ1n) is 5.31. The second-order valence-electron chi connectivity index (χ2n) is 3.71. The third-order valence-electron chi connectivity index (χ3n) is 2.46. The molecule has 0 fully saturated rings.